The SMILES string of the molecule is COc1cc(OC)c(C(C)C)cc1CCCN. The molecule has 0 atom stereocenters. The summed E-state index contributed by atoms with van der Waals surface area (Å²) in [6.45, 7) is 5.03. The lowest BCUT2D eigenvalue weighted by Gasteiger charge is -2.16. The van der Waals surface area contributed by atoms with Crippen molar-refractivity contribution < 1.29 is 9.47 Å². The fourth-order valence-corrected chi connectivity index (χ4v) is 1.93. The third-order valence-electron chi connectivity index (χ3n) is 2.91. The van der Waals surface area contributed by atoms with Crippen molar-refractivity contribution in [3.05, 3.63) is 23.3 Å². The molecule has 0 aliphatic carbocycles. The van der Waals surface area contributed by atoms with Crippen molar-refractivity contribution >= 4 is 0 Å². The molecule has 2 N–H and O–H groups in total. The quantitative estimate of drug-likeness (QED) is 0.827. The Morgan fingerprint density at radius 3 is 2.24 bits per heavy atom. The van der Waals surface area contributed by atoms with Gasteiger partial charge in [0.1, 0.15) is 11.5 Å². The van der Waals surface area contributed by atoms with Gasteiger partial charge >= 0.3 is 0 Å². The van der Waals surface area contributed by atoms with Crippen molar-refractivity contribution in [1.82, 2.24) is 0 Å². The summed E-state index contributed by atoms with van der Waals surface area (Å²) in [5.74, 6) is 2.22. The summed E-state index contributed by atoms with van der Waals surface area (Å²) in [4.78, 5) is 0. The molecule has 1 aromatic rings. The van der Waals surface area contributed by atoms with Crippen LogP contribution in [-0.4, -0.2) is 20.8 Å². The molecule has 0 radical (unpaired) electrons. The van der Waals surface area contributed by atoms with Gasteiger partial charge in [0.25, 0.3) is 0 Å². The molecule has 0 saturated carbocycles. The van der Waals surface area contributed by atoms with Crippen LogP contribution >= 0.6 is 0 Å². The average molecular weight is 237 g/mol. The minimum absolute atomic E-state index is 0.437. The summed E-state index contributed by atoms with van der Waals surface area (Å²) in [6, 6.07) is 4.15. The molecule has 17 heavy (non-hydrogen) atoms. The highest BCUT2D eigenvalue weighted by Gasteiger charge is 2.13. The first kappa shape index (κ1) is 13.8. The van der Waals surface area contributed by atoms with Crippen LogP contribution in [0.2, 0.25) is 0 Å². The van der Waals surface area contributed by atoms with Crippen molar-refractivity contribution in [2.45, 2.75) is 32.6 Å². The Morgan fingerprint density at radius 2 is 1.76 bits per heavy atom. The van der Waals surface area contributed by atoms with Gasteiger partial charge in [0.05, 0.1) is 14.2 Å². The van der Waals surface area contributed by atoms with Gasteiger partial charge in [-0.05, 0) is 42.5 Å². The van der Waals surface area contributed by atoms with Gasteiger partial charge in [-0.2, -0.15) is 0 Å². The molecule has 0 amide bonds. The second-order valence-electron chi connectivity index (χ2n) is 4.45. The zero-order valence-electron chi connectivity index (χ0n) is 11.2. The van der Waals surface area contributed by atoms with Crippen LogP contribution < -0.4 is 15.2 Å². The molecular formula is C14H23NO2. The predicted octanol–water partition coefficient (Wildman–Crippen LogP) is 2.72. The highest BCUT2D eigenvalue weighted by atomic mass is 16.5. The van der Waals surface area contributed by atoms with Crippen LogP contribution in [0, 0.1) is 0 Å². The molecule has 0 unspecified atom stereocenters. The van der Waals surface area contributed by atoms with Crippen LogP contribution in [0.1, 0.15) is 37.3 Å². The summed E-state index contributed by atoms with van der Waals surface area (Å²) in [7, 11) is 3.38. The summed E-state index contributed by atoms with van der Waals surface area (Å²) in [5, 5.41) is 0. The van der Waals surface area contributed by atoms with Crippen LogP contribution in [-0.2, 0) is 6.42 Å². The van der Waals surface area contributed by atoms with Crippen molar-refractivity contribution in [3.8, 4) is 11.5 Å². The molecule has 3 nitrogen and oxygen atoms in total. The molecule has 0 saturated heterocycles. The number of rotatable bonds is 6. The summed E-state index contributed by atoms with van der Waals surface area (Å²) in [5.41, 5.74) is 7.99. The summed E-state index contributed by atoms with van der Waals surface area (Å²) in [6.07, 6.45) is 1.92. The first-order chi connectivity index (χ1) is 8.13. The smallest absolute Gasteiger partial charge is 0.126 e. The molecule has 0 aliphatic heterocycles. The minimum atomic E-state index is 0.437. The predicted molar refractivity (Wildman–Crippen MR) is 71.0 cm³/mol. The standard InChI is InChI=1S/C14H23NO2/c1-10(2)12-8-11(6-5-7-15)13(16-3)9-14(12)17-4/h8-10H,5-7,15H2,1-4H3. The van der Waals surface area contributed by atoms with E-state index < -0.39 is 0 Å². The number of hydrogen-bond acceptors (Lipinski definition) is 3. The van der Waals surface area contributed by atoms with Crippen molar-refractivity contribution in [1.29, 1.82) is 0 Å². The molecule has 0 bridgehead atoms. The second kappa shape index (κ2) is 6.50. The number of nitrogens with two attached hydrogens (primary N) is 1. The molecule has 3 heteroatoms. The van der Waals surface area contributed by atoms with Gasteiger partial charge in [-0.1, -0.05) is 13.8 Å². The Balaban J connectivity index is 3.14. The Morgan fingerprint density at radius 1 is 1.12 bits per heavy atom. The van der Waals surface area contributed by atoms with Crippen LogP contribution in [0.4, 0.5) is 0 Å². The first-order valence-corrected chi connectivity index (χ1v) is 6.08. The lowest BCUT2D eigenvalue weighted by molar-refractivity contribution is 0.386. The van der Waals surface area contributed by atoms with E-state index in [4.69, 9.17) is 15.2 Å². The second-order valence-corrected chi connectivity index (χ2v) is 4.45. The normalized spacial score (nSPS) is 10.7. The molecule has 1 rings (SSSR count). The van der Waals surface area contributed by atoms with Crippen molar-refractivity contribution in [3.63, 3.8) is 0 Å². The molecular weight excluding hydrogens is 214 g/mol. The largest absolute Gasteiger partial charge is 0.496 e. The third-order valence-corrected chi connectivity index (χ3v) is 2.91. The fraction of sp³-hybridized carbons (Fsp3) is 0.571. The molecule has 0 heterocycles. The maximum atomic E-state index is 5.56. The van der Waals surface area contributed by atoms with E-state index in [1.165, 1.54) is 11.1 Å². The third kappa shape index (κ3) is 3.37. The first-order valence-electron chi connectivity index (χ1n) is 6.08. The maximum absolute atomic E-state index is 5.56. The number of hydrogen-bond donors (Lipinski definition) is 1. The zero-order chi connectivity index (χ0) is 12.8. The van der Waals surface area contributed by atoms with Gasteiger partial charge in [-0.3, -0.25) is 0 Å². The van der Waals surface area contributed by atoms with Crippen LogP contribution in [0.25, 0.3) is 0 Å². The van der Waals surface area contributed by atoms with E-state index in [-0.39, 0.29) is 0 Å². The lowest BCUT2D eigenvalue weighted by Crippen LogP contribution is -2.04. The van der Waals surface area contributed by atoms with E-state index in [1.807, 2.05) is 6.07 Å². The Kier molecular flexibility index (Phi) is 5.29. The number of ether oxygens (including phenoxy) is 2. The molecule has 0 fully saturated rings. The van der Waals surface area contributed by atoms with Gasteiger partial charge in [-0.15, -0.1) is 0 Å². The van der Waals surface area contributed by atoms with Gasteiger partial charge in [0.2, 0.25) is 0 Å². The average Bonchev–Trinajstić information content (AvgIpc) is 2.34. The summed E-state index contributed by atoms with van der Waals surface area (Å²) >= 11 is 0. The summed E-state index contributed by atoms with van der Waals surface area (Å²) < 4.78 is 10.8. The topological polar surface area (TPSA) is 44.5 Å². The Bertz CT molecular complexity index is 361. The lowest BCUT2D eigenvalue weighted by atomic mass is 9.97. The monoisotopic (exact) mass is 237 g/mol. The van der Waals surface area contributed by atoms with Crippen LogP contribution in [0.15, 0.2) is 12.1 Å². The van der Waals surface area contributed by atoms with Crippen LogP contribution in [0.5, 0.6) is 11.5 Å². The van der Waals surface area contributed by atoms with Gasteiger partial charge in [0, 0.05) is 6.07 Å². The Hall–Kier alpha value is -1.22. The van der Waals surface area contributed by atoms with Gasteiger partial charge < -0.3 is 15.2 Å². The maximum Gasteiger partial charge on any atom is 0.126 e. The van der Waals surface area contributed by atoms with Crippen molar-refractivity contribution in [2.24, 2.45) is 5.73 Å². The molecule has 96 valence electrons. The van der Waals surface area contributed by atoms with Crippen molar-refractivity contribution in [2.75, 3.05) is 20.8 Å². The zero-order valence-corrected chi connectivity index (χ0v) is 11.2. The van der Waals surface area contributed by atoms with Gasteiger partial charge in [-0.25, -0.2) is 0 Å². The number of aryl methyl sites for hydroxylation is 1. The Labute approximate surface area is 104 Å². The van der Waals surface area contributed by atoms with E-state index >= 15 is 0 Å². The highest BCUT2D eigenvalue weighted by Crippen LogP contribution is 2.34. The van der Waals surface area contributed by atoms with E-state index in [1.54, 1.807) is 14.2 Å². The van der Waals surface area contributed by atoms with E-state index in [9.17, 15) is 0 Å². The highest BCUT2D eigenvalue weighted by molar-refractivity contribution is 5.48. The molecule has 0 aromatic heterocycles. The molecule has 0 aliphatic rings. The fourth-order valence-electron chi connectivity index (χ4n) is 1.93. The van der Waals surface area contributed by atoms with Gasteiger partial charge in [0.15, 0.2) is 0 Å². The molecule has 1 aromatic carbocycles. The van der Waals surface area contributed by atoms with Crippen LogP contribution in [0.3, 0.4) is 0 Å². The number of benzene rings is 1. The van der Waals surface area contributed by atoms with E-state index in [0.717, 1.165) is 24.3 Å². The van der Waals surface area contributed by atoms with E-state index in [0.29, 0.717) is 12.5 Å². The minimum Gasteiger partial charge on any atom is -0.496 e. The number of methoxy groups -OCH3 is 2. The molecule has 0 spiro atoms. The van der Waals surface area contributed by atoms with E-state index in [2.05, 4.69) is 19.9 Å².